The Hall–Kier alpha value is -0.823. The second-order valence-corrected chi connectivity index (χ2v) is 10.1. The van der Waals surface area contributed by atoms with E-state index in [1.54, 1.807) is 6.92 Å². The Balaban J connectivity index is 2.43. The zero-order valence-electron chi connectivity index (χ0n) is 10.3. The highest BCUT2D eigenvalue weighted by molar-refractivity contribution is 6.79. The van der Waals surface area contributed by atoms with E-state index < -0.39 is 8.07 Å². The van der Waals surface area contributed by atoms with Crippen molar-refractivity contribution in [2.45, 2.75) is 50.9 Å². The summed E-state index contributed by atoms with van der Waals surface area (Å²) in [6.45, 7) is 4.58. The Morgan fingerprint density at radius 1 is 1.50 bits per heavy atom. The van der Waals surface area contributed by atoms with Crippen LogP contribution in [0.25, 0.3) is 0 Å². The Bertz CT molecular complexity index is 279. The minimum Gasteiger partial charge on any atom is -0.466 e. The first-order chi connectivity index (χ1) is 7.59. The van der Waals surface area contributed by atoms with Crippen LogP contribution in [0.15, 0.2) is 0 Å². The second kappa shape index (κ2) is 6.05. The third-order valence-corrected chi connectivity index (χ3v) is 8.05. The first-order valence-electron chi connectivity index (χ1n) is 6.15. The molecule has 4 heteroatoms. The highest BCUT2D eigenvalue weighted by Crippen LogP contribution is 2.36. The van der Waals surface area contributed by atoms with Crippen LogP contribution in [-0.2, 0) is 9.53 Å². The monoisotopic (exact) mass is 239 g/mol. The van der Waals surface area contributed by atoms with Gasteiger partial charge < -0.3 is 4.74 Å². The highest BCUT2D eigenvalue weighted by Gasteiger charge is 2.34. The molecule has 0 amide bonds. The van der Waals surface area contributed by atoms with Crippen LogP contribution in [0.3, 0.4) is 0 Å². The maximum Gasteiger partial charge on any atom is 0.307 e. The molecule has 0 aromatic rings. The van der Waals surface area contributed by atoms with Gasteiger partial charge in [0.15, 0.2) is 0 Å². The molecule has 1 aliphatic heterocycles. The van der Waals surface area contributed by atoms with E-state index in [1.807, 2.05) is 0 Å². The maximum atomic E-state index is 11.3. The van der Waals surface area contributed by atoms with Crippen molar-refractivity contribution in [1.29, 1.82) is 5.26 Å². The number of esters is 1. The van der Waals surface area contributed by atoms with Gasteiger partial charge in [0, 0.05) is 0 Å². The molecular formula is C12H21NO2Si. The number of hydrogen-bond donors (Lipinski definition) is 0. The van der Waals surface area contributed by atoms with Crippen molar-refractivity contribution in [3.63, 3.8) is 0 Å². The summed E-state index contributed by atoms with van der Waals surface area (Å²) >= 11 is 0. The fourth-order valence-corrected chi connectivity index (χ4v) is 6.90. The van der Waals surface area contributed by atoms with Gasteiger partial charge in [-0.3, -0.25) is 4.79 Å². The minimum absolute atomic E-state index is 0.117. The van der Waals surface area contributed by atoms with E-state index in [1.165, 1.54) is 24.9 Å². The van der Waals surface area contributed by atoms with Gasteiger partial charge in [0.25, 0.3) is 0 Å². The summed E-state index contributed by atoms with van der Waals surface area (Å²) < 4.78 is 4.90. The summed E-state index contributed by atoms with van der Waals surface area (Å²) in [5, 5.41) is 9.08. The van der Waals surface area contributed by atoms with Crippen molar-refractivity contribution in [2.75, 3.05) is 6.61 Å². The quantitative estimate of drug-likeness (QED) is 0.547. The predicted molar refractivity (Wildman–Crippen MR) is 65.6 cm³/mol. The van der Waals surface area contributed by atoms with Gasteiger partial charge in [-0.2, -0.15) is 5.26 Å². The summed E-state index contributed by atoms with van der Waals surface area (Å²) in [6, 6.07) is 5.91. The summed E-state index contributed by atoms with van der Waals surface area (Å²) in [4.78, 5) is 11.3. The number of nitriles is 1. The standard InChI is InChI=1S/C12H21NO2Si/c1-3-15-12(14)8-11(9-13)10-16(2)6-4-5-7-16/h11H,3-8,10H2,1-2H3. The lowest BCUT2D eigenvalue weighted by Crippen LogP contribution is -2.29. The van der Waals surface area contributed by atoms with Gasteiger partial charge in [-0.25, -0.2) is 0 Å². The number of nitrogens with zero attached hydrogens (tertiary/aromatic N) is 1. The normalized spacial score (nSPS) is 20.1. The predicted octanol–water partition coefficient (Wildman–Crippen LogP) is 2.95. The molecule has 3 nitrogen and oxygen atoms in total. The van der Waals surface area contributed by atoms with Crippen LogP contribution in [0.4, 0.5) is 0 Å². The second-order valence-electron chi connectivity index (χ2n) is 5.06. The van der Waals surface area contributed by atoms with E-state index in [2.05, 4.69) is 12.6 Å². The Kier molecular flexibility index (Phi) is 5.00. The lowest BCUT2D eigenvalue weighted by molar-refractivity contribution is -0.143. The maximum absolute atomic E-state index is 11.3. The Morgan fingerprint density at radius 2 is 2.12 bits per heavy atom. The molecule has 0 aromatic carbocycles. The molecular weight excluding hydrogens is 218 g/mol. The van der Waals surface area contributed by atoms with Crippen molar-refractivity contribution in [3.05, 3.63) is 0 Å². The fraction of sp³-hybridized carbons (Fsp3) is 0.833. The van der Waals surface area contributed by atoms with Gasteiger partial charge in [0.05, 0.1) is 33.1 Å². The molecule has 0 bridgehead atoms. The largest absolute Gasteiger partial charge is 0.466 e. The molecule has 1 rings (SSSR count). The van der Waals surface area contributed by atoms with E-state index in [-0.39, 0.29) is 18.3 Å². The lowest BCUT2D eigenvalue weighted by Gasteiger charge is -2.23. The summed E-state index contributed by atoms with van der Waals surface area (Å²) in [7, 11) is -1.19. The molecule has 90 valence electrons. The molecule has 1 saturated heterocycles. The molecule has 0 saturated carbocycles. The van der Waals surface area contributed by atoms with Crippen LogP contribution in [-0.4, -0.2) is 20.7 Å². The zero-order chi connectivity index (χ0) is 12.0. The van der Waals surface area contributed by atoms with E-state index in [0.717, 1.165) is 6.04 Å². The summed E-state index contributed by atoms with van der Waals surface area (Å²) in [5.41, 5.74) is 0. The molecule has 0 N–H and O–H groups in total. The molecule has 0 radical (unpaired) electrons. The average Bonchev–Trinajstić information content (AvgIpc) is 2.64. The van der Waals surface area contributed by atoms with Crippen LogP contribution in [0.1, 0.15) is 26.2 Å². The van der Waals surface area contributed by atoms with E-state index in [9.17, 15) is 4.79 Å². The third kappa shape index (κ3) is 3.97. The Labute approximate surface area is 98.8 Å². The smallest absolute Gasteiger partial charge is 0.307 e. The Morgan fingerprint density at radius 3 is 2.62 bits per heavy atom. The van der Waals surface area contributed by atoms with Gasteiger partial charge in [0.2, 0.25) is 0 Å². The first-order valence-corrected chi connectivity index (χ1v) is 9.27. The molecule has 1 unspecified atom stereocenters. The summed E-state index contributed by atoms with van der Waals surface area (Å²) in [6.07, 6.45) is 2.92. The van der Waals surface area contributed by atoms with Crippen molar-refractivity contribution in [2.24, 2.45) is 5.92 Å². The van der Waals surface area contributed by atoms with E-state index in [4.69, 9.17) is 10.00 Å². The fourth-order valence-electron chi connectivity index (χ4n) is 2.61. The van der Waals surface area contributed by atoms with Gasteiger partial charge >= 0.3 is 5.97 Å². The minimum atomic E-state index is -1.19. The molecule has 1 aliphatic rings. The van der Waals surface area contributed by atoms with Gasteiger partial charge in [-0.15, -0.1) is 0 Å². The molecule has 16 heavy (non-hydrogen) atoms. The summed E-state index contributed by atoms with van der Waals surface area (Å²) in [5.74, 6) is -0.335. The number of hydrogen-bond acceptors (Lipinski definition) is 3. The van der Waals surface area contributed by atoms with E-state index >= 15 is 0 Å². The van der Waals surface area contributed by atoms with Gasteiger partial charge in [-0.05, 0) is 13.0 Å². The number of carbonyl (C=O) groups is 1. The highest BCUT2D eigenvalue weighted by atomic mass is 28.3. The number of rotatable bonds is 5. The molecule has 0 aliphatic carbocycles. The van der Waals surface area contributed by atoms with Gasteiger partial charge in [-0.1, -0.05) is 31.5 Å². The van der Waals surface area contributed by atoms with Crippen molar-refractivity contribution in [1.82, 2.24) is 0 Å². The van der Waals surface area contributed by atoms with Gasteiger partial charge in [0.1, 0.15) is 0 Å². The molecule has 1 heterocycles. The lowest BCUT2D eigenvalue weighted by atomic mass is 10.1. The topological polar surface area (TPSA) is 50.1 Å². The van der Waals surface area contributed by atoms with Crippen LogP contribution in [0.5, 0.6) is 0 Å². The van der Waals surface area contributed by atoms with Crippen LogP contribution in [0.2, 0.25) is 24.7 Å². The van der Waals surface area contributed by atoms with E-state index in [0.29, 0.717) is 6.61 Å². The zero-order valence-corrected chi connectivity index (χ0v) is 11.3. The molecule has 0 spiro atoms. The van der Waals surface area contributed by atoms with Crippen molar-refractivity contribution < 1.29 is 9.53 Å². The van der Waals surface area contributed by atoms with Crippen LogP contribution < -0.4 is 0 Å². The number of carbonyl (C=O) groups excluding carboxylic acids is 1. The van der Waals surface area contributed by atoms with Crippen molar-refractivity contribution in [3.8, 4) is 6.07 Å². The average molecular weight is 239 g/mol. The van der Waals surface area contributed by atoms with Crippen LogP contribution in [0, 0.1) is 17.2 Å². The molecule has 1 atom stereocenters. The van der Waals surface area contributed by atoms with Crippen LogP contribution >= 0.6 is 0 Å². The molecule has 1 fully saturated rings. The van der Waals surface area contributed by atoms with Crippen molar-refractivity contribution >= 4 is 14.0 Å². The molecule has 0 aromatic heterocycles. The SMILES string of the molecule is CCOC(=O)CC(C#N)C[Si]1(C)CCCC1. The third-order valence-electron chi connectivity index (χ3n) is 3.45. The number of ether oxygens (including phenoxy) is 1. The first kappa shape index (κ1) is 13.2.